The molecule has 0 aliphatic carbocycles. The molecule has 1 atom stereocenters. The van der Waals surface area contributed by atoms with E-state index >= 15 is 0 Å². The van der Waals surface area contributed by atoms with E-state index in [2.05, 4.69) is 40.2 Å². The molecule has 0 saturated heterocycles. The molecule has 2 amide bonds. The van der Waals surface area contributed by atoms with Crippen molar-refractivity contribution >= 4 is 17.5 Å². The molecule has 0 aliphatic heterocycles. The maximum absolute atomic E-state index is 12.4. The molecule has 0 radical (unpaired) electrons. The quantitative estimate of drug-likeness (QED) is 0.496. The fraction of sp³-hybridized carbons (Fsp3) is 0.231. The molecule has 160 valence electrons. The van der Waals surface area contributed by atoms with E-state index in [1.54, 1.807) is 0 Å². The van der Waals surface area contributed by atoms with Gasteiger partial charge in [0.2, 0.25) is 11.8 Å². The average molecular weight is 416 g/mol. The summed E-state index contributed by atoms with van der Waals surface area (Å²) in [7, 11) is 0. The fourth-order valence-corrected chi connectivity index (χ4v) is 3.38. The summed E-state index contributed by atoms with van der Waals surface area (Å²) < 4.78 is 0. The zero-order chi connectivity index (χ0) is 22.1. The molecular weight excluding hydrogens is 386 g/mol. The van der Waals surface area contributed by atoms with E-state index in [1.165, 1.54) is 5.56 Å². The lowest BCUT2D eigenvalue weighted by Crippen LogP contribution is -2.40. The maximum Gasteiger partial charge on any atom is 0.243 e. The third-order valence-electron chi connectivity index (χ3n) is 5.32. The third kappa shape index (κ3) is 6.79. The first-order chi connectivity index (χ1) is 15.0. The molecule has 3 aromatic carbocycles. The van der Waals surface area contributed by atoms with E-state index in [4.69, 9.17) is 0 Å². The molecule has 0 spiro atoms. The Kier molecular flexibility index (Phi) is 7.96. The Labute approximate surface area is 183 Å². The summed E-state index contributed by atoms with van der Waals surface area (Å²) in [5, 5.41) is 8.88. The highest BCUT2D eigenvalue weighted by atomic mass is 16.2. The second kappa shape index (κ2) is 11.1. The van der Waals surface area contributed by atoms with Crippen LogP contribution in [0.2, 0.25) is 0 Å². The van der Waals surface area contributed by atoms with Crippen molar-refractivity contribution in [2.45, 2.75) is 26.3 Å². The monoisotopic (exact) mass is 415 g/mol. The zero-order valence-electron chi connectivity index (χ0n) is 18.0. The van der Waals surface area contributed by atoms with Gasteiger partial charge in [0, 0.05) is 11.7 Å². The Morgan fingerprint density at radius 2 is 1.45 bits per heavy atom. The van der Waals surface area contributed by atoms with E-state index in [0.717, 1.165) is 28.8 Å². The van der Waals surface area contributed by atoms with Gasteiger partial charge in [-0.1, -0.05) is 72.8 Å². The van der Waals surface area contributed by atoms with Crippen molar-refractivity contribution < 1.29 is 9.59 Å². The average Bonchev–Trinajstić information content (AvgIpc) is 2.79. The minimum atomic E-state index is -0.244. The van der Waals surface area contributed by atoms with Crippen molar-refractivity contribution in [3.05, 3.63) is 101 Å². The third-order valence-corrected chi connectivity index (χ3v) is 5.32. The smallest absolute Gasteiger partial charge is 0.243 e. The molecule has 5 nitrogen and oxygen atoms in total. The molecular formula is C26H29N3O2. The minimum Gasteiger partial charge on any atom is -0.346 e. The lowest BCUT2D eigenvalue weighted by atomic mass is 9.99. The number of hydrogen-bond donors (Lipinski definition) is 3. The number of carbonyl (C=O) groups excluding carboxylic acids is 2. The number of amides is 2. The molecule has 0 aliphatic rings. The number of aryl methyl sites for hydroxylation is 1. The minimum absolute atomic E-state index is 0.00174. The van der Waals surface area contributed by atoms with Crippen LogP contribution in [0, 0.1) is 13.8 Å². The second-order valence-electron chi connectivity index (χ2n) is 7.61. The number of hydrogen-bond acceptors (Lipinski definition) is 3. The lowest BCUT2D eigenvalue weighted by Gasteiger charge is -2.19. The Morgan fingerprint density at radius 3 is 2.16 bits per heavy atom. The topological polar surface area (TPSA) is 70.2 Å². The van der Waals surface area contributed by atoms with Crippen LogP contribution < -0.4 is 16.0 Å². The van der Waals surface area contributed by atoms with Gasteiger partial charge in [-0.25, -0.2) is 0 Å². The second-order valence-corrected chi connectivity index (χ2v) is 7.61. The van der Waals surface area contributed by atoms with Crippen LogP contribution in [0.3, 0.4) is 0 Å². The predicted molar refractivity (Wildman–Crippen MR) is 125 cm³/mol. The van der Waals surface area contributed by atoms with Crippen LogP contribution in [-0.2, 0) is 16.0 Å². The largest absolute Gasteiger partial charge is 0.346 e. The molecule has 0 heterocycles. The van der Waals surface area contributed by atoms with Gasteiger partial charge >= 0.3 is 0 Å². The summed E-state index contributed by atoms with van der Waals surface area (Å²) in [4.78, 5) is 24.6. The van der Waals surface area contributed by atoms with Gasteiger partial charge < -0.3 is 16.0 Å². The van der Waals surface area contributed by atoms with E-state index in [-0.39, 0.29) is 30.9 Å². The van der Waals surface area contributed by atoms with E-state index in [0.29, 0.717) is 0 Å². The summed E-state index contributed by atoms with van der Waals surface area (Å²) >= 11 is 0. The van der Waals surface area contributed by atoms with Crippen molar-refractivity contribution in [2.24, 2.45) is 0 Å². The summed E-state index contributed by atoms with van der Waals surface area (Å²) in [6.45, 7) is 4.02. The van der Waals surface area contributed by atoms with Crippen LogP contribution in [-0.4, -0.2) is 24.9 Å². The Hall–Kier alpha value is -3.44. The van der Waals surface area contributed by atoms with Crippen molar-refractivity contribution in [3.63, 3.8) is 0 Å². The summed E-state index contributed by atoms with van der Waals surface area (Å²) in [5.74, 6) is -0.462. The summed E-state index contributed by atoms with van der Waals surface area (Å²) in [5.41, 5.74) is 5.21. The fourth-order valence-electron chi connectivity index (χ4n) is 3.38. The van der Waals surface area contributed by atoms with E-state index in [1.807, 2.05) is 68.4 Å². The number of anilines is 1. The van der Waals surface area contributed by atoms with Crippen molar-refractivity contribution in [1.29, 1.82) is 0 Å². The molecule has 0 saturated carbocycles. The standard InChI is InChI=1S/C26H29N3O2/c1-19-10-9-15-23(20(19)2)29-26(31)18-28-25(30)17-27-24(22-13-7-4-8-14-22)16-21-11-5-3-6-12-21/h3-15,24,27H,16-18H2,1-2H3,(H,28,30)(H,29,31). The first-order valence-electron chi connectivity index (χ1n) is 10.5. The first-order valence-corrected chi connectivity index (χ1v) is 10.5. The number of rotatable bonds is 9. The van der Waals surface area contributed by atoms with Crippen LogP contribution in [0.4, 0.5) is 5.69 Å². The van der Waals surface area contributed by atoms with Crippen LogP contribution >= 0.6 is 0 Å². The highest BCUT2D eigenvalue weighted by Crippen LogP contribution is 2.19. The Bertz CT molecular complexity index is 1000. The van der Waals surface area contributed by atoms with E-state index in [9.17, 15) is 9.59 Å². The van der Waals surface area contributed by atoms with Gasteiger partial charge in [-0.15, -0.1) is 0 Å². The number of benzene rings is 3. The Balaban J connectivity index is 1.52. The van der Waals surface area contributed by atoms with Gasteiger partial charge in [0.25, 0.3) is 0 Å². The first kappa shape index (κ1) is 22.2. The van der Waals surface area contributed by atoms with Gasteiger partial charge in [-0.05, 0) is 48.6 Å². The van der Waals surface area contributed by atoms with E-state index < -0.39 is 0 Å². The van der Waals surface area contributed by atoms with Crippen LogP contribution in [0.5, 0.6) is 0 Å². The molecule has 31 heavy (non-hydrogen) atoms. The van der Waals surface area contributed by atoms with Crippen molar-refractivity contribution in [1.82, 2.24) is 10.6 Å². The molecule has 3 rings (SSSR count). The van der Waals surface area contributed by atoms with Gasteiger partial charge in [-0.3, -0.25) is 9.59 Å². The number of carbonyl (C=O) groups is 2. The molecule has 0 fully saturated rings. The van der Waals surface area contributed by atoms with Gasteiger partial charge in [-0.2, -0.15) is 0 Å². The molecule has 0 aromatic heterocycles. The number of nitrogens with one attached hydrogen (secondary N) is 3. The van der Waals surface area contributed by atoms with Gasteiger partial charge in [0.15, 0.2) is 0 Å². The van der Waals surface area contributed by atoms with Crippen molar-refractivity contribution in [2.75, 3.05) is 18.4 Å². The van der Waals surface area contributed by atoms with Crippen LogP contribution in [0.1, 0.15) is 28.3 Å². The van der Waals surface area contributed by atoms with Crippen LogP contribution in [0.25, 0.3) is 0 Å². The highest BCUT2D eigenvalue weighted by Gasteiger charge is 2.14. The maximum atomic E-state index is 12.4. The highest BCUT2D eigenvalue weighted by molar-refractivity contribution is 5.95. The summed E-state index contributed by atoms with van der Waals surface area (Å²) in [6, 6.07) is 26.0. The van der Waals surface area contributed by atoms with Gasteiger partial charge in [0.1, 0.15) is 0 Å². The van der Waals surface area contributed by atoms with Crippen molar-refractivity contribution in [3.8, 4) is 0 Å². The molecule has 3 N–H and O–H groups in total. The SMILES string of the molecule is Cc1cccc(NC(=O)CNC(=O)CNC(Cc2ccccc2)c2ccccc2)c1C. The normalized spacial score (nSPS) is 11.5. The lowest BCUT2D eigenvalue weighted by molar-refractivity contribution is -0.123. The van der Waals surface area contributed by atoms with Gasteiger partial charge in [0.05, 0.1) is 13.1 Å². The zero-order valence-corrected chi connectivity index (χ0v) is 18.0. The summed E-state index contributed by atoms with van der Waals surface area (Å²) in [6.07, 6.45) is 0.769. The molecule has 3 aromatic rings. The van der Waals surface area contributed by atoms with Crippen LogP contribution in [0.15, 0.2) is 78.9 Å². The molecule has 5 heteroatoms. The Morgan fingerprint density at radius 1 is 0.774 bits per heavy atom. The molecule has 1 unspecified atom stereocenters. The predicted octanol–water partition coefficient (Wildman–Crippen LogP) is 3.93. The molecule has 0 bridgehead atoms.